The smallest absolute Gasteiger partial charge is 0.173 e. The van der Waals surface area contributed by atoms with E-state index in [-0.39, 0.29) is 18.3 Å². The van der Waals surface area contributed by atoms with E-state index < -0.39 is 0 Å². The largest absolute Gasteiger partial charge is 0.485 e. The van der Waals surface area contributed by atoms with Crippen LogP contribution in [0.15, 0.2) is 42.5 Å². The zero-order valence-electron chi connectivity index (χ0n) is 11.0. The molecule has 0 bridgehead atoms. The van der Waals surface area contributed by atoms with E-state index in [1.54, 1.807) is 0 Å². The Labute approximate surface area is 113 Å². The highest BCUT2D eigenvalue weighted by molar-refractivity contribution is 5.89. The quantitative estimate of drug-likeness (QED) is 0.825. The van der Waals surface area contributed by atoms with Crippen molar-refractivity contribution in [2.75, 3.05) is 6.61 Å². The molecule has 2 heteroatoms. The lowest BCUT2D eigenvalue weighted by atomic mass is 10.0. The summed E-state index contributed by atoms with van der Waals surface area (Å²) in [6, 6.07) is 14.1. The molecule has 1 saturated carbocycles. The number of hydrogen-bond acceptors (Lipinski definition) is 2. The third-order valence-electron chi connectivity index (χ3n) is 3.93. The molecule has 2 aromatic carbocycles. The van der Waals surface area contributed by atoms with Gasteiger partial charge in [-0.25, -0.2) is 0 Å². The van der Waals surface area contributed by atoms with Crippen molar-refractivity contribution < 1.29 is 9.53 Å². The number of carbonyl (C=O) groups excluding carboxylic acids is 1. The summed E-state index contributed by atoms with van der Waals surface area (Å²) in [6.07, 6.45) is 4.45. The van der Waals surface area contributed by atoms with Crippen LogP contribution in [0.3, 0.4) is 0 Å². The maximum Gasteiger partial charge on any atom is 0.173 e. The Kier molecular flexibility index (Phi) is 3.49. The fourth-order valence-electron chi connectivity index (χ4n) is 2.84. The van der Waals surface area contributed by atoms with E-state index in [1.165, 1.54) is 12.8 Å². The van der Waals surface area contributed by atoms with Gasteiger partial charge in [0.05, 0.1) is 0 Å². The predicted molar refractivity (Wildman–Crippen MR) is 76.4 cm³/mol. The fourth-order valence-corrected chi connectivity index (χ4v) is 2.84. The summed E-state index contributed by atoms with van der Waals surface area (Å²) in [6.45, 7) is 0.207. The first-order valence-electron chi connectivity index (χ1n) is 6.98. The molecule has 0 aliphatic heterocycles. The topological polar surface area (TPSA) is 26.3 Å². The molecule has 0 N–H and O–H groups in total. The van der Waals surface area contributed by atoms with Crippen molar-refractivity contribution in [2.24, 2.45) is 5.92 Å². The monoisotopic (exact) mass is 254 g/mol. The van der Waals surface area contributed by atoms with Gasteiger partial charge in [0.25, 0.3) is 0 Å². The molecule has 0 aromatic heterocycles. The van der Waals surface area contributed by atoms with E-state index in [0.29, 0.717) is 0 Å². The number of rotatable bonds is 4. The van der Waals surface area contributed by atoms with Crippen LogP contribution >= 0.6 is 0 Å². The number of ketones is 1. The summed E-state index contributed by atoms with van der Waals surface area (Å²) < 4.78 is 5.74. The first kappa shape index (κ1) is 12.2. The zero-order chi connectivity index (χ0) is 13.1. The van der Waals surface area contributed by atoms with E-state index in [9.17, 15) is 4.79 Å². The third kappa shape index (κ3) is 2.62. The van der Waals surface area contributed by atoms with Crippen LogP contribution in [0.2, 0.25) is 0 Å². The van der Waals surface area contributed by atoms with Crippen molar-refractivity contribution in [3.63, 3.8) is 0 Å². The molecule has 0 spiro atoms. The van der Waals surface area contributed by atoms with E-state index >= 15 is 0 Å². The molecule has 3 rings (SSSR count). The Hall–Kier alpha value is -1.83. The van der Waals surface area contributed by atoms with Gasteiger partial charge in [-0.3, -0.25) is 4.79 Å². The molecule has 0 unspecified atom stereocenters. The standard InChI is InChI=1S/C17H18O2/c18-16(14-7-1-2-8-14)12-19-17-11-5-9-13-6-3-4-10-15(13)17/h3-6,9-11,14H,1-2,7-8,12H2. The number of fused-ring (bicyclic) bond motifs is 1. The Bertz CT molecular complexity index is 577. The van der Waals surface area contributed by atoms with Crippen LogP contribution in [0.5, 0.6) is 5.75 Å². The van der Waals surface area contributed by atoms with Crippen LogP contribution in [0.4, 0.5) is 0 Å². The zero-order valence-corrected chi connectivity index (χ0v) is 11.0. The average molecular weight is 254 g/mol. The van der Waals surface area contributed by atoms with Crippen molar-refractivity contribution in [3.05, 3.63) is 42.5 Å². The van der Waals surface area contributed by atoms with Gasteiger partial charge in [-0.1, -0.05) is 49.2 Å². The van der Waals surface area contributed by atoms with Gasteiger partial charge in [0.1, 0.15) is 12.4 Å². The van der Waals surface area contributed by atoms with E-state index in [1.807, 2.05) is 30.3 Å². The minimum atomic E-state index is 0.207. The second kappa shape index (κ2) is 5.43. The summed E-state index contributed by atoms with van der Waals surface area (Å²) in [7, 11) is 0. The highest BCUT2D eigenvalue weighted by Gasteiger charge is 2.22. The van der Waals surface area contributed by atoms with Crippen molar-refractivity contribution in [2.45, 2.75) is 25.7 Å². The number of Topliss-reactive ketones (excluding diaryl/α,β-unsaturated/α-hetero) is 1. The molecule has 2 aromatic rings. The first-order chi connectivity index (χ1) is 9.34. The summed E-state index contributed by atoms with van der Waals surface area (Å²) in [4.78, 5) is 12.0. The minimum Gasteiger partial charge on any atom is -0.485 e. The summed E-state index contributed by atoms with van der Waals surface area (Å²) >= 11 is 0. The van der Waals surface area contributed by atoms with Crippen LogP contribution in [-0.2, 0) is 4.79 Å². The maximum absolute atomic E-state index is 12.0. The molecule has 2 nitrogen and oxygen atoms in total. The fraction of sp³-hybridized carbons (Fsp3) is 0.353. The number of ether oxygens (including phenoxy) is 1. The molecule has 1 aliphatic rings. The highest BCUT2D eigenvalue weighted by Crippen LogP contribution is 2.27. The molecular formula is C17H18O2. The SMILES string of the molecule is O=C(COc1cccc2ccccc12)C1CCCC1. The van der Waals surface area contributed by atoms with Crippen LogP contribution in [0, 0.1) is 5.92 Å². The van der Waals surface area contributed by atoms with E-state index in [4.69, 9.17) is 4.74 Å². The molecule has 0 amide bonds. The van der Waals surface area contributed by atoms with Gasteiger partial charge in [0.2, 0.25) is 0 Å². The van der Waals surface area contributed by atoms with Gasteiger partial charge in [-0.2, -0.15) is 0 Å². The molecule has 0 radical (unpaired) electrons. The van der Waals surface area contributed by atoms with Gasteiger partial charge < -0.3 is 4.74 Å². The maximum atomic E-state index is 12.0. The molecule has 98 valence electrons. The number of hydrogen-bond donors (Lipinski definition) is 0. The molecule has 0 saturated heterocycles. The number of carbonyl (C=O) groups is 1. The van der Waals surface area contributed by atoms with E-state index in [2.05, 4.69) is 12.1 Å². The third-order valence-corrected chi connectivity index (χ3v) is 3.93. The number of benzene rings is 2. The summed E-state index contributed by atoms with van der Waals surface area (Å²) in [5, 5.41) is 2.22. The van der Waals surface area contributed by atoms with Crippen LogP contribution < -0.4 is 4.74 Å². The van der Waals surface area contributed by atoms with Crippen molar-refractivity contribution in [1.29, 1.82) is 0 Å². The second-order valence-electron chi connectivity index (χ2n) is 5.21. The molecule has 1 aliphatic carbocycles. The minimum absolute atomic E-state index is 0.207. The second-order valence-corrected chi connectivity index (χ2v) is 5.21. The molecular weight excluding hydrogens is 236 g/mol. The van der Waals surface area contributed by atoms with Crippen molar-refractivity contribution in [1.82, 2.24) is 0 Å². The lowest BCUT2D eigenvalue weighted by Gasteiger charge is -2.11. The first-order valence-corrected chi connectivity index (χ1v) is 6.98. The van der Waals surface area contributed by atoms with Crippen LogP contribution in [0.1, 0.15) is 25.7 Å². The predicted octanol–water partition coefficient (Wildman–Crippen LogP) is 3.98. The van der Waals surface area contributed by atoms with Gasteiger partial charge >= 0.3 is 0 Å². The lowest BCUT2D eigenvalue weighted by Crippen LogP contribution is -2.19. The Balaban J connectivity index is 1.73. The summed E-state index contributed by atoms with van der Waals surface area (Å²) in [5.74, 6) is 1.30. The van der Waals surface area contributed by atoms with Crippen LogP contribution in [0.25, 0.3) is 10.8 Å². The van der Waals surface area contributed by atoms with Gasteiger partial charge in [-0.15, -0.1) is 0 Å². The van der Waals surface area contributed by atoms with E-state index in [0.717, 1.165) is 29.4 Å². The van der Waals surface area contributed by atoms with Gasteiger partial charge in [0, 0.05) is 11.3 Å². The summed E-state index contributed by atoms with van der Waals surface area (Å²) in [5.41, 5.74) is 0. The van der Waals surface area contributed by atoms with Crippen molar-refractivity contribution >= 4 is 16.6 Å². The Morgan fingerprint density at radius 2 is 1.79 bits per heavy atom. The molecule has 0 heterocycles. The van der Waals surface area contributed by atoms with Gasteiger partial charge in [0.15, 0.2) is 5.78 Å². The Morgan fingerprint density at radius 3 is 2.63 bits per heavy atom. The highest BCUT2D eigenvalue weighted by atomic mass is 16.5. The van der Waals surface area contributed by atoms with Crippen LogP contribution in [-0.4, -0.2) is 12.4 Å². The Morgan fingerprint density at radius 1 is 1.05 bits per heavy atom. The average Bonchev–Trinajstić information content (AvgIpc) is 2.99. The molecule has 0 atom stereocenters. The van der Waals surface area contributed by atoms with Gasteiger partial charge in [-0.05, 0) is 24.3 Å². The molecule has 1 fully saturated rings. The van der Waals surface area contributed by atoms with Crippen molar-refractivity contribution in [3.8, 4) is 5.75 Å². The normalized spacial score (nSPS) is 15.8. The lowest BCUT2D eigenvalue weighted by molar-refractivity contribution is -0.124. The molecule has 19 heavy (non-hydrogen) atoms.